The van der Waals surface area contributed by atoms with Crippen LogP contribution in [0.1, 0.15) is 10.4 Å². The lowest BCUT2D eigenvalue weighted by Gasteiger charge is -2.39. The van der Waals surface area contributed by atoms with Crippen molar-refractivity contribution < 1.29 is 31.5 Å². The van der Waals surface area contributed by atoms with E-state index in [-0.39, 0.29) is 25.4 Å². The first kappa shape index (κ1) is 25.5. The van der Waals surface area contributed by atoms with Gasteiger partial charge in [-0.25, -0.2) is 17.2 Å². The van der Waals surface area contributed by atoms with Crippen LogP contribution < -0.4 is 10.5 Å². The fourth-order valence-electron chi connectivity index (χ4n) is 3.69. The van der Waals surface area contributed by atoms with Gasteiger partial charge in [0.2, 0.25) is 15.9 Å². The summed E-state index contributed by atoms with van der Waals surface area (Å²) in [5, 5.41) is 0.385. The van der Waals surface area contributed by atoms with E-state index in [0.29, 0.717) is 22.7 Å². The van der Waals surface area contributed by atoms with Gasteiger partial charge in [0.05, 0.1) is 4.90 Å². The number of rotatable bonds is 6. The minimum absolute atomic E-state index is 0.0765. The number of amides is 2. The molecule has 2 amide bonds. The molecule has 188 valence electrons. The molecule has 0 radical (unpaired) electrons. The number of piperazine rings is 1. The van der Waals surface area contributed by atoms with Crippen molar-refractivity contribution >= 4 is 33.4 Å². The van der Waals surface area contributed by atoms with Crippen molar-refractivity contribution in [1.29, 1.82) is 0 Å². The first-order valence-corrected chi connectivity index (χ1v) is 12.3. The third-order valence-corrected chi connectivity index (χ3v) is 7.62. The van der Waals surface area contributed by atoms with Crippen LogP contribution in [-0.4, -0.2) is 60.1 Å². The smallest absolute Gasteiger partial charge is 0.254 e. The van der Waals surface area contributed by atoms with Crippen LogP contribution in [0.15, 0.2) is 65.8 Å². The van der Waals surface area contributed by atoms with Gasteiger partial charge in [0.1, 0.15) is 11.8 Å². The number of hydrogen-bond donors (Lipinski definition) is 1. The predicted octanol–water partition coefficient (Wildman–Crippen LogP) is 2.81. The number of carbonyl (C=O) groups is 2. The van der Waals surface area contributed by atoms with E-state index in [0.717, 1.165) is 4.31 Å². The highest BCUT2D eigenvalue weighted by Gasteiger charge is 2.41. The lowest BCUT2D eigenvalue weighted by Crippen LogP contribution is -2.60. The molecular weight excluding hydrogens is 518 g/mol. The van der Waals surface area contributed by atoms with E-state index in [9.17, 15) is 26.8 Å². The average Bonchev–Trinajstić information content (AvgIpc) is 2.86. The van der Waals surface area contributed by atoms with Gasteiger partial charge in [-0.05, 0) is 48.5 Å². The third kappa shape index (κ3) is 5.15. The maximum atomic E-state index is 14.8. The van der Waals surface area contributed by atoms with Gasteiger partial charge in [-0.15, -0.1) is 0 Å². The molecule has 9 nitrogen and oxygen atoms in total. The first-order chi connectivity index (χ1) is 17.1. The number of nitrogens with zero attached hydrogens (tertiary/aromatic N) is 3. The Kier molecular flexibility index (Phi) is 7.20. The summed E-state index contributed by atoms with van der Waals surface area (Å²) in [5.74, 6) is -4.74. The molecule has 0 unspecified atom stereocenters. The molecule has 1 fully saturated rings. The molecule has 1 aromatic heterocycles. The van der Waals surface area contributed by atoms with Crippen molar-refractivity contribution in [2.24, 2.45) is 5.73 Å². The second kappa shape index (κ2) is 10.2. The zero-order valence-electron chi connectivity index (χ0n) is 18.5. The van der Waals surface area contributed by atoms with E-state index in [2.05, 4.69) is 4.98 Å². The Balaban J connectivity index is 1.59. The zero-order valence-corrected chi connectivity index (χ0v) is 20.0. The zero-order chi connectivity index (χ0) is 26.0. The van der Waals surface area contributed by atoms with Crippen LogP contribution >= 0.6 is 11.6 Å². The van der Waals surface area contributed by atoms with Gasteiger partial charge in [-0.1, -0.05) is 11.6 Å². The third-order valence-electron chi connectivity index (χ3n) is 5.49. The molecule has 13 heteroatoms. The minimum atomic E-state index is -4.58. The number of nitrogens with two attached hydrogens (primary N) is 1. The number of sulfonamides is 1. The maximum Gasteiger partial charge on any atom is 0.254 e. The van der Waals surface area contributed by atoms with Gasteiger partial charge in [0.25, 0.3) is 5.91 Å². The number of halogens is 3. The second-order valence-corrected chi connectivity index (χ2v) is 10.1. The first-order valence-electron chi connectivity index (χ1n) is 10.5. The molecule has 2 aromatic carbocycles. The molecule has 0 aliphatic carbocycles. The van der Waals surface area contributed by atoms with Gasteiger partial charge < -0.3 is 15.4 Å². The summed E-state index contributed by atoms with van der Waals surface area (Å²) in [6, 6.07) is 8.36. The number of aromatic nitrogens is 1. The van der Waals surface area contributed by atoms with Crippen LogP contribution in [0.3, 0.4) is 0 Å². The van der Waals surface area contributed by atoms with Crippen molar-refractivity contribution in [3.63, 3.8) is 0 Å². The molecule has 1 saturated heterocycles. The van der Waals surface area contributed by atoms with Crippen LogP contribution in [0, 0.1) is 11.6 Å². The Bertz CT molecular complexity index is 1380. The lowest BCUT2D eigenvalue weighted by atomic mass is 10.1. The van der Waals surface area contributed by atoms with Gasteiger partial charge in [0, 0.05) is 42.6 Å². The second-order valence-electron chi connectivity index (χ2n) is 7.79. The van der Waals surface area contributed by atoms with Crippen molar-refractivity contribution in [1.82, 2.24) is 14.2 Å². The van der Waals surface area contributed by atoms with E-state index in [1.807, 2.05) is 0 Å². The fraction of sp³-hybridized carbons (Fsp3) is 0.174. The molecule has 36 heavy (non-hydrogen) atoms. The SMILES string of the molecule is NC(=O)[C@H]1CN(C(=O)c2ccncc2)CCN1S(=O)(=O)c1cc(F)c(Oc2ccc(Cl)cc2)c(F)c1. The summed E-state index contributed by atoms with van der Waals surface area (Å²) in [4.78, 5) is 29.3. The van der Waals surface area contributed by atoms with E-state index < -0.39 is 50.2 Å². The summed E-state index contributed by atoms with van der Waals surface area (Å²) in [6.45, 7) is -0.732. The highest BCUT2D eigenvalue weighted by molar-refractivity contribution is 7.89. The molecule has 1 aliphatic rings. The standard InChI is InChI=1S/C23H19ClF2N4O5S/c24-15-1-3-16(4-2-15)35-21-18(25)11-17(12-19(21)26)36(33,34)30-10-9-29(13-20(30)22(27)31)23(32)14-5-7-28-8-6-14/h1-8,11-12,20H,9-10,13H2,(H2,27,31)/t20-/m1/s1. The maximum absolute atomic E-state index is 14.8. The highest BCUT2D eigenvalue weighted by atomic mass is 35.5. The number of primary amides is 1. The van der Waals surface area contributed by atoms with Gasteiger partial charge in [-0.3, -0.25) is 14.6 Å². The quantitative estimate of drug-likeness (QED) is 0.517. The van der Waals surface area contributed by atoms with Gasteiger partial charge >= 0.3 is 0 Å². The van der Waals surface area contributed by atoms with Crippen LogP contribution in [-0.2, 0) is 14.8 Å². The van der Waals surface area contributed by atoms with Gasteiger partial charge in [0.15, 0.2) is 17.4 Å². The Morgan fingerprint density at radius 3 is 2.22 bits per heavy atom. The molecule has 3 aromatic rings. The number of ether oxygens (including phenoxy) is 1. The molecule has 0 spiro atoms. The molecule has 0 bridgehead atoms. The van der Waals surface area contributed by atoms with E-state index in [1.165, 1.54) is 53.7 Å². The number of carbonyl (C=O) groups excluding carboxylic acids is 2. The molecule has 1 aliphatic heterocycles. The van der Waals surface area contributed by atoms with Crippen molar-refractivity contribution in [3.05, 3.63) is 83.1 Å². The molecule has 1 atom stereocenters. The minimum Gasteiger partial charge on any atom is -0.451 e. The van der Waals surface area contributed by atoms with Crippen molar-refractivity contribution in [2.75, 3.05) is 19.6 Å². The topological polar surface area (TPSA) is 123 Å². The molecule has 4 rings (SSSR count). The summed E-state index contributed by atoms with van der Waals surface area (Å²) in [6.07, 6.45) is 2.84. The number of pyridine rings is 1. The summed E-state index contributed by atoms with van der Waals surface area (Å²) < 4.78 is 62.0. The molecular formula is C23H19ClF2N4O5S. The number of hydrogen-bond acceptors (Lipinski definition) is 6. The monoisotopic (exact) mass is 536 g/mol. The Hall–Kier alpha value is -3.61. The Labute approximate surface area is 210 Å². The summed E-state index contributed by atoms with van der Waals surface area (Å²) >= 11 is 5.78. The van der Waals surface area contributed by atoms with Crippen LogP contribution in [0.5, 0.6) is 11.5 Å². The molecule has 2 N–H and O–H groups in total. The van der Waals surface area contributed by atoms with Gasteiger partial charge in [-0.2, -0.15) is 4.31 Å². The van der Waals surface area contributed by atoms with Crippen LogP contribution in [0.4, 0.5) is 8.78 Å². The molecule has 0 saturated carbocycles. The van der Waals surface area contributed by atoms with Crippen molar-refractivity contribution in [2.45, 2.75) is 10.9 Å². The van der Waals surface area contributed by atoms with E-state index >= 15 is 0 Å². The summed E-state index contributed by atoms with van der Waals surface area (Å²) in [7, 11) is -4.58. The fourth-order valence-corrected chi connectivity index (χ4v) is 5.42. The Morgan fingerprint density at radius 2 is 1.64 bits per heavy atom. The predicted molar refractivity (Wildman–Crippen MR) is 125 cm³/mol. The lowest BCUT2D eigenvalue weighted by molar-refractivity contribution is -0.122. The Morgan fingerprint density at radius 1 is 1.03 bits per heavy atom. The largest absolute Gasteiger partial charge is 0.451 e. The van der Waals surface area contributed by atoms with E-state index in [4.69, 9.17) is 22.1 Å². The number of benzene rings is 2. The van der Waals surface area contributed by atoms with E-state index in [1.54, 1.807) is 0 Å². The summed E-state index contributed by atoms with van der Waals surface area (Å²) in [5.41, 5.74) is 5.74. The van der Waals surface area contributed by atoms with Crippen LogP contribution in [0.2, 0.25) is 5.02 Å². The van der Waals surface area contributed by atoms with Crippen molar-refractivity contribution in [3.8, 4) is 11.5 Å². The highest BCUT2D eigenvalue weighted by Crippen LogP contribution is 2.32. The average molecular weight is 537 g/mol. The molecule has 2 heterocycles. The van der Waals surface area contributed by atoms with Crippen LogP contribution in [0.25, 0.3) is 0 Å². The normalized spacial score (nSPS) is 16.5.